The van der Waals surface area contributed by atoms with Gasteiger partial charge < -0.3 is 4.18 Å². The van der Waals surface area contributed by atoms with Gasteiger partial charge >= 0.3 is 10.1 Å². The van der Waals surface area contributed by atoms with E-state index >= 15 is 0 Å². The highest BCUT2D eigenvalue weighted by molar-refractivity contribution is 9.11. The first-order valence-corrected chi connectivity index (χ1v) is 11.4. The van der Waals surface area contributed by atoms with E-state index < -0.39 is 21.9 Å². The van der Waals surface area contributed by atoms with Gasteiger partial charge in [-0.3, -0.25) is 20.2 Å². The van der Waals surface area contributed by atoms with Gasteiger partial charge in [0.2, 0.25) is 0 Å². The van der Waals surface area contributed by atoms with Crippen LogP contribution in [0.15, 0.2) is 55.8 Å². The molecule has 7 nitrogen and oxygen atoms in total. The van der Waals surface area contributed by atoms with Crippen LogP contribution in [0.5, 0.6) is 5.75 Å². The second-order valence-electron chi connectivity index (χ2n) is 5.59. The number of halogens is 3. The minimum atomic E-state index is -4.22. The molecule has 1 aliphatic heterocycles. The third-order valence-electron chi connectivity index (χ3n) is 3.58. The lowest BCUT2D eigenvalue weighted by molar-refractivity contribution is -0.123. The highest BCUT2D eigenvalue weighted by Crippen LogP contribution is 2.36. The molecule has 29 heavy (non-hydrogen) atoms. The molecule has 0 aromatic heterocycles. The van der Waals surface area contributed by atoms with Crippen molar-refractivity contribution in [2.75, 3.05) is 0 Å². The Bertz CT molecular complexity index is 1160. The van der Waals surface area contributed by atoms with E-state index in [0.29, 0.717) is 9.50 Å². The van der Waals surface area contributed by atoms with Gasteiger partial charge in [-0.25, -0.2) is 0 Å². The number of nitrogens with one attached hydrogen (secondary N) is 2. The summed E-state index contributed by atoms with van der Waals surface area (Å²) in [6.45, 7) is 0. The summed E-state index contributed by atoms with van der Waals surface area (Å²) in [6.07, 6.45) is 1.20. The van der Waals surface area contributed by atoms with Gasteiger partial charge in [0.1, 0.15) is 10.5 Å². The molecular formula is C17H9Br2ClN2O5S2. The Morgan fingerprint density at radius 2 is 1.62 bits per heavy atom. The quantitative estimate of drug-likeness (QED) is 0.248. The van der Waals surface area contributed by atoms with Crippen LogP contribution in [0.4, 0.5) is 0 Å². The molecule has 0 atom stereocenters. The highest BCUT2D eigenvalue weighted by Gasteiger charge is 2.27. The number of carbonyl (C=O) groups excluding carboxylic acids is 2. The summed E-state index contributed by atoms with van der Waals surface area (Å²) in [5, 5.41) is 4.86. The molecule has 2 aromatic carbocycles. The van der Waals surface area contributed by atoms with Gasteiger partial charge in [0.25, 0.3) is 11.8 Å². The molecule has 0 unspecified atom stereocenters. The summed E-state index contributed by atoms with van der Waals surface area (Å²) in [4.78, 5) is 24.1. The van der Waals surface area contributed by atoms with E-state index in [1.165, 1.54) is 36.4 Å². The number of thiocarbonyl (C=S) groups is 1. The predicted octanol–water partition coefficient (Wildman–Crippen LogP) is 3.55. The number of hydrogen-bond donors (Lipinski definition) is 2. The van der Waals surface area contributed by atoms with Crippen molar-refractivity contribution in [3.05, 3.63) is 61.5 Å². The van der Waals surface area contributed by atoms with Gasteiger partial charge in [-0.05, 0) is 70.6 Å². The molecule has 0 aliphatic carbocycles. The normalized spacial score (nSPS) is 14.3. The average molecular weight is 581 g/mol. The SMILES string of the molecule is O=C1NC(=S)NC(=O)C1=Cc1cc(Br)cc(Br)c1OS(=O)(=O)c1ccc(Cl)cc1. The fourth-order valence-corrected chi connectivity index (χ4v) is 5.03. The number of hydrogen-bond acceptors (Lipinski definition) is 6. The van der Waals surface area contributed by atoms with Crippen LogP contribution in [0, 0.1) is 0 Å². The Labute approximate surface area is 192 Å². The molecule has 1 heterocycles. The molecule has 150 valence electrons. The van der Waals surface area contributed by atoms with Crippen LogP contribution in [0.1, 0.15) is 5.56 Å². The maximum Gasteiger partial charge on any atom is 0.339 e. The second-order valence-corrected chi connectivity index (χ2v) is 9.75. The van der Waals surface area contributed by atoms with Gasteiger partial charge in [0, 0.05) is 15.1 Å². The van der Waals surface area contributed by atoms with Crippen LogP contribution >= 0.6 is 55.7 Å². The molecule has 2 aromatic rings. The van der Waals surface area contributed by atoms with Gasteiger partial charge in [-0.15, -0.1) is 0 Å². The van der Waals surface area contributed by atoms with E-state index in [1.54, 1.807) is 6.07 Å². The topological polar surface area (TPSA) is 102 Å². The highest BCUT2D eigenvalue weighted by atomic mass is 79.9. The van der Waals surface area contributed by atoms with Crippen LogP contribution in [-0.4, -0.2) is 25.3 Å². The van der Waals surface area contributed by atoms with Gasteiger partial charge in [0.15, 0.2) is 10.9 Å². The standard InChI is InChI=1S/C17H9Br2ClN2O5S2/c18-9-5-8(6-12-15(23)21-17(28)22-16(12)24)14(13(19)7-9)27-29(25,26)11-3-1-10(20)2-4-11/h1-7H,(H2,21,22,23,24,28). The lowest BCUT2D eigenvalue weighted by Crippen LogP contribution is -2.51. The first-order valence-electron chi connectivity index (χ1n) is 7.64. The third kappa shape index (κ3) is 5.04. The van der Waals surface area contributed by atoms with Gasteiger partial charge in [0.05, 0.1) is 4.47 Å². The minimum absolute atomic E-state index is 0.107. The number of rotatable bonds is 4. The van der Waals surface area contributed by atoms with Crippen molar-refractivity contribution in [3.63, 3.8) is 0 Å². The van der Waals surface area contributed by atoms with E-state index in [1.807, 2.05) is 0 Å². The van der Waals surface area contributed by atoms with Crippen molar-refractivity contribution in [2.24, 2.45) is 0 Å². The molecule has 0 radical (unpaired) electrons. The van der Waals surface area contributed by atoms with Crippen molar-refractivity contribution < 1.29 is 22.2 Å². The fraction of sp³-hybridized carbons (Fsp3) is 0. The second kappa shape index (κ2) is 8.52. The largest absolute Gasteiger partial charge is 0.377 e. The van der Waals surface area contributed by atoms with Crippen LogP contribution in [-0.2, 0) is 19.7 Å². The van der Waals surface area contributed by atoms with Crippen molar-refractivity contribution in [2.45, 2.75) is 4.90 Å². The van der Waals surface area contributed by atoms with Crippen molar-refractivity contribution in [1.29, 1.82) is 0 Å². The first kappa shape index (κ1) is 21.9. The zero-order valence-corrected chi connectivity index (χ0v) is 19.6. The van der Waals surface area contributed by atoms with E-state index in [4.69, 9.17) is 28.0 Å². The fourth-order valence-electron chi connectivity index (χ4n) is 2.30. The Morgan fingerprint density at radius 3 is 2.21 bits per heavy atom. The Morgan fingerprint density at radius 1 is 1.03 bits per heavy atom. The zero-order chi connectivity index (χ0) is 21.3. The Hall–Kier alpha value is -1.79. The van der Waals surface area contributed by atoms with E-state index in [-0.39, 0.29) is 31.4 Å². The molecule has 2 N–H and O–H groups in total. The summed E-state index contributed by atoms with van der Waals surface area (Å²) in [5.74, 6) is -1.55. The summed E-state index contributed by atoms with van der Waals surface area (Å²) in [7, 11) is -4.22. The summed E-state index contributed by atoms with van der Waals surface area (Å²) in [5.41, 5.74) is -0.103. The molecule has 1 aliphatic rings. The summed E-state index contributed by atoms with van der Waals surface area (Å²) >= 11 is 17.1. The maximum absolute atomic E-state index is 12.7. The van der Waals surface area contributed by atoms with E-state index in [0.717, 1.165) is 0 Å². The minimum Gasteiger partial charge on any atom is -0.377 e. The van der Waals surface area contributed by atoms with Crippen LogP contribution in [0.2, 0.25) is 5.02 Å². The van der Waals surface area contributed by atoms with Crippen molar-refractivity contribution in [3.8, 4) is 5.75 Å². The molecule has 1 fully saturated rings. The van der Waals surface area contributed by atoms with Gasteiger partial charge in [-0.2, -0.15) is 8.42 Å². The summed E-state index contributed by atoms with van der Waals surface area (Å²) < 4.78 is 31.5. The smallest absolute Gasteiger partial charge is 0.339 e. The van der Waals surface area contributed by atoms with Crippen LogP contribution < -0.4 is 14.8 Å². The zero-order valence-electron chi connectivity index (χ0n) is 14.0. The molecular weight excluding hydrogens is 572 g/mol. The van der Waals surface area contributed by atoms with E-state index in [2.05, 4.69) is 42.5 Å². The predicted molar refractivity (Wildman–Crippen MR) is 118 cm³/mol. The lowest BCUT2D eigenvalue weighted by atomic mass is 10.1. The molecule has 12 heteroatoms. The molecule has 3 rings (SSSR count). The third-order valence-corrected chi connectivity index (χ3v) is 6.31. The first-order chi connectivity index (χ1) is 13.6. The molecule has 2 amide bonds. The Kier molecular flexibility index (Phi) is 6.44. The average Bonchev–Trinajstić information content (AvgIpc) is 2.61. The molecule has 0 saturated carbocycles. The van der Waals surface area contributed by atoms with Crippen molar-refractivity contribution in [1.82, 2.24) is 10.6 Å². The number of benzene rings is 2. The van der Waals surface area contributed by atoms with Crippen molar-refractivity contribution >= 4 is 88.8 Å². The monoisotopic (exact) mass is 578 g/mol. The molecule has 1 saturated heterocycles. The number of carbonyl (C=O) groups is 2. The van der Waals surface area contributed by atoms with Crippen LogP contribution in [0.25, 0.3) is 6.08 Å². The van der Waals surface area contributed by atoms with E-state index in [9.17, 15) is 18.0 Å². The maximum atomic E-state index is 12.7. The Balaban J connectivity index is 2.07. The number of amides is 2. The lowest BCUT2D eigenvalue weighted by Gasteiger charge is -2.17. The summed E-state index contributed by atoms with van der Waals surface area (Å²) in [6, 6.07) is 8.48. The molecule has 0 bridgehead atoms. The van der Waals surface area contributed by atoms with Crippen LogP contribution in [0.3, 0.4) is 0 Å². The van der Waals surface area contributed by atoms with Gasteiger partial charge in [-0.1, -0.05) is 27.5 Å². The molecule has 0 spiro atoms.